The standard InChI is InChI=1S/C20H27N3O/c1-5-12-23(13-6-2)20(24)17-10-11-19(21-14-17)22-18-9-7-8-15(3)16(18)4/h7-11,14H,5-6,12-13H2,1-4H3,(H,21,22). The normalized spacial score (nSPS) is 10.5. The van der Waals surface area contributed by atoms with Gasteiger partial charge in [-0.2, -0.15) is 0 Å². The Balaban J connectivity index is 2.12. The lowest BCUT2D eigenvalue weighted by Crippen LogP contribution is -2.32. The van der Waals surface area contributed by atoms with Crippen molar-refractivity contribution in [2.75, 3.05) is 18.4 Å². The minimum atomic E-state index is 0.0597. The number of anilines is 2. The van der Waals surface area contributed by atoms with Crippen molar-refractivity contribution >= 4 is 17.4 Å². The van der Waals surface area contributed by atoms with Crippen molar-refractivity contribution in [1.29, 1.82) is 0 Å². The summed E-state index contributed by atoms with van der Waals surface area (Å²) in [6, 6.07) is 9.86. The van der Waals surface area contributed by atoms with Gasteiger partial charge in [-0.25, -0.2) is 4.98 Å². The summed E-state index contributed by atoms with van der Waals surface area (Å²) in [5, 5.41) is 3.32. The highest BCUT2D eigenvalue weighted by Crippen LogP contribution is 2.21. The fourth-order valence-electron chi connectivity index (χ4n) is 2.66. The summed E-state index contributed by atoms with van der Waals surface area (Å²) in [4.78, 5) is 18.9. The second kappa shape index (κ2) is 8.48. The van der Waals surface area contributed by atoms with Crippen molar-refractivity contribution in [3.05, 3.63) is 53.2 Å². The largest absolute Gasteiger partial charge is 0.340 e. The summed E-state index contributed by atoms with van der Waals surface area (Å²) < 4.78 is 0. The number of nitrogens with zero attached hydrogens (tertiary/aromatic N) is 2. The molecule has 128 valence electrons. The summed E-state index contributed by atoms with van der Waals surface area (Å²) >= 11 is 0. The van der Waals surface area contributed by atoms with E-state index in [0.717, 1.165) is 37.4 Å². The Kier molecular flexibility index (Phi) is 6.36. The van der Waals surface area contributed by atoms with Crippen molar-refractivity contribution in [1.82, 2.24) is 9.88 Å². The summed E-state index contributed by atoms with van der Waals surface area (Å²) in [7, 11) is 0. The molecule has 0 bridgehead atoms. The van der Waals surface area contributed by atoms with E-state index >= 15 is 0 Å². The van der Waals surface area contributed by atoms with Crippen LogP contribution in [0.15, 0.2) is 36.5 Å². The molecular weight excluding hydrogens is 298 g/mol. The maximum atomic E-state index is 12.6. The number of carbonyl (C=O) groups is 1. The molecule has 0 aliphatic carbocycles. The molecule has 1 N–H and O–H groups in total. The zero-order valence-electron chi connectivity index (χ0n) is 15.1. The van der Waals surface area contributed by atoms with E-state index in [4.69, 9.17) is 0 Å². The van der Waals surface area contributed by atoms with Crippen LogP contribution in [-0.2, 0) is 0 Å². The number of rotatable bonds is 7. The van der Waals surface area contributed by atoms with Crippen LogP contribution in [0.1, 0.15) is 48.2 Å². The molecule has 0 radical (unpaired) electrons. The monoisotopic (exact) mass is 325 g/mol. The lowest BCUT2D eigenvalue weighted by atomic mass is 10.1. The second-order valence-electron chi connectivity index (χ2n) is 6.10. The van der Waals surface area contributed by atoms with Crippen LogP contribution in [0, 0.1) is 13.8 Å². The number of hydrogen-bond donors (Lipinski definition) is 1. The van der Waals surface area contributed by atoms with E-state index in [1.54, 1.807) is 6.20 Å². The van der Waals surface area contributed by atoms with Crippen LogP contribution in [0.3, 0.4) is 0 Å². The molecule has 0 saturated heterocycles. The van der Waals surface area contributed by atoms with Crippen LogP contribution < -0.4 is 5.32 Å². The summed E-state index contributed by atoms with van der Waals surface area (Å²) in [5.74, 6) is 0.808. The Labute approximate surface area is 144 Å². The van der Waals surface area contributed by atoms with Crippen LogP contribution in [0.25, 0.3) is 0 Å². The highest BCUT2D eigenvalue weighted by molar-refractivity contribution is 5.94. The van der Waals surface area contributed by atoms with E-state index in [0.29, 0.717) is 5.56 Å². The molecule has 0 aliphatic heterocycles. The second-order valence-corrected chi connectivity index (χ2v) is 6.10. The molecule has 1 heterocycles. The van der Waals surface area contributed by atoms with Crippen LogP contribution in [0.4, 0.5) is 11.5 Å². The number of aromatic nitrogens is 1. The molecule has 0 saturated carbocycles. The molecular formula is C20H27N3O. The van der Waals surface area contributed by atoms with Gasteiger partial charge >= 0.3 is 0 Å². The fraction of sp³-hybridized carbons (Fsp3) is 0.400. The number of hydrogen-bond acceptors (Lipinski definition) is 3. The van der Waals surface area contributed by atoms with Gasteiger partial charge < -0.3 is 10.2 Å². The first-order valence-corrected chi connectivity index (χ1v) is 8.65. The number of nitrogens with one attached hydrogen (secondary N) is 1. The van der Waals surface area contributed by atoms with Gasteiger partial charge in [0.1, 0.15) is 5.82 Å². The minimum absolute atomic E-state index is 0.0597. The van der Waals surface area contributed by atoms with Gasteiger partial charge in [-0.3, -0.25) is 4.79 Å². The van der Waals surface area contributed by atoms with Gasteiger partial charge in [-0.1, -0.05) is 26.0 Å². The molecule has 0 aliphatic rings. The topological polar surface area (TPSA) is 45.2 Å². The smallest absolute Gasteiger partial charge is 0.255 e. The third kappa shape index (κ3) is 4.34. The Morgan fingerprint density at radius 2 is 1.79 bits per heavy atom. The number of pyridine rings is 1. The molecule has 2 rings (SSSR count). The Bertz CT molecular complexity index is 674. The lowest BCUT2D eigenvalue weighted by Gasteiger charge is -2.21. The molecule has 0 fully saturated rings. The summed E-state index contributed by atoms with van der Waals surface area (Å²) in [6.45, 7) is 9.93. The first kappa shape index (κ1) is 18.0. The molecule has 1 amide bonds. The molecule has 0 atom stereocenters. The Hall–Kier alpha value is -2.36. The highest BCUT2D eigenvalue weighted by Gasteiger charge is 2.14. The summed E-state index contributed by atoms with van der Waals surface area (Å²) in [5.41, 5.74) is 4.13. The fourth-order valence-corrected chi connectivity index (χ4v) is 2.66. The van der Waals surface area contributed by atoms with E-state index < -0.39 is 0 Å². The maximum Gasteiger partial charge on any atom is 0.255 e. The van der Waals surface area contributed by atoms with E-state index in [9.17, 15) is 4.79 Å². The van der Waals surface area contributed by atoms with Crippen molar-refractivity contribution in [3.8, 4) is 0 Å². The van der Waals surface area contributed by atoms with Crippen molar-refractivity contribution in [2.45, 2.75) is 40.5 Å². The summed E-state index contributed by atoms with van der Waals surface area (Å²) in [6.07, 6.45) is 3.59. The predicted octanol–water partition coefficient (Wildman–Crippen LogP) is 4.70. The SMILES string of the molecule is CCCN(CCC)C(=O)c1ccc(Nc2cccc(C)c2C)nc1. The van der Waals surface area contributed by atoms with E-state index in [-0.39, 0.29) is 5.91 Å². The molecule has 1 aromatic heterocycles. The predicted molar refractivity (Wildman–Crippen MR) is 99.9 cm³/mol. The first-order chi connectivity index (χ1) is 11.6. The van der Waals surface area contributed by atoms with Gasteiger partial charge in [0.2, 0.25) is 0 Å². The molecule has 4 nitrogen and oxygen atoms in total. The highest BCUT2D eigenvalue weighted by atomic mass is 16.2. The van der Waals surface area contributed by atoms with Crippen LogP contribution in [0.5, 0.6) is 0 Å². The van der Waals surface area contributed by atoms with Gasteiger partial charge in [0.05, 0.1) is 5.56 Å². The third-order valence-electron chi connectivity index (χ3n) is 4.15. The van der Waals surface area contributed by atoms with E-state index in [1.807, 2.05) is 29.2 Å². The van der Waals surface area contributed by atoms with Crippen LogP contribution in [0.2, 0.25) is 0 Å². The number of carbonyl (C=O) groups excluding carboxylic acids is 1. The van der Waals surface area contributed by atoms with Crippen LogP contribution in [-0.4, -0.2) is 28.9 Å². The third-order valence-corrected chi connectivity index (χ3v) is 4.15. The molecule has 24 heavy (non-hydrogen) atoms. The molecule has 1 aromatic carbocycles. The minimum Gasteiger partial charge on any atom is -0.340 e. The maximum absolute atomic E-state index is 12.6. The average molecular weight is 325 g/mol. The number of amides is 1. The van der Waals surface area contributed by atoms with Gasteiger partial charge in [0, 0.05) is 25.0 Å². The zero-order chi connectivity index (χ0) is 17.5. The quantitative estimate of drug-likeness (QED) is 0.802. The zero-order valence-corrected chi connectivity index (χ0v) is 15.1. The van der Waals surface area contributed by atoms with Gasteiger partial charge in [0.15, 0.2) is 0 Å². The van der Waals surface area contributed by atoms with Gasteiger partial charge in [0.25, 0.3) is 5.91 Å². The van der Waals surface area contributed by atoms with Crippen molar-refractivity contribution in [3.63, 3.8) is 0 Å². The van der Waals surface area contributed by atoms with Crippen molar-refractivity contribution < 1.29 is 4.79 Å². The lowest BCUT2D eigenvalue weighted by molar-refractivity contribution is 0.0755. The molecule has 4 heteroatoms. The number of aryl methyl sites for hydroxylation is 1. The first-order valence-electron chi connectivity index (χ1n) is 8.65. The van der Waals surface area contributed by atoms with Crippen molar-refractivity contribution in [2.24, 2.45) is 0 Å². The Morgan fingerprint density at radius 3 is 2.38 bits per heavy atom. The molecule has 0 spiro atoms. The molecule has 2 aromatic rings. The van der Waals surface area contributed by atoms with Crippen LogP contribution >= 0.6 is 0 Å². The molecule has 0 unspecified atom stereocenters. The Morgan fingerprint density at radius 1 is 1.08 bits per heavy atom. The van der Waals surface area contributed by atoms with E-state index in [2.05, 4.69) is 44.1 Å². The van der Waals surface area contributed by atoms with Gasteiger partial charge in [-0.15, -0.1) is 0 Å². The average Bonchev–Trinajstić information content (AvgIpc) is 2.59. The number of benzene rings is 1. The van der Waals surface area contributed by atoms with E-state index in [1.165, 1.54) is 11.1 Å². The van der Waals surface area contributed by atoms with Gasteiger partial charge in [-0.05, 0) is 56.0 Å².